The van der Waals surface area contributed by atoms with Crippen LogP contribution in [0.25, 0.3) is 11.1 Å². The molecule has 0 aliphatic heterocycles. The third-order valence-corrected chi connectivity index (χ3v) is 5.70. The first-order valence-electron chi connectivity index (χ1n) is 9.48. The average Bonchev–Trinajstić information content (AvgIpc) is 3.09. The van der Waals surface area contributed by atoms with Crippen molar-refractivity contribution in [3.05, 3.63) is 88.0 Å². The molecule has 2 aliphatic rings. The van der Waals surface area contributed by atoms with Gasteiger partial charge in [-0.2, -0.15) is 0 Å². The summed E-state index contributed by atoms with van der Waals surface area (Å²) < 4.78 is 16.6. The van der Waals surface area contributed by atoms with Gasteiger partial charge in [0, 0.05) is 39.0 Å². The van der Waals surface area contributed by atoms with E-state index in [1.54, 1.807) is 43.5 Å². The highest BCUT2D eigenvalue weighted by atomic mass is 16.5. The van der Waals surface area contributed by atoms with Crippen molar-refractivity contribution in [3.63, 3.8) is 0 Å². The van der Waals surface area contributed by atoms with Crippen LogP contribution in [0.5, 0.6) is 17.2 Å². The number of hydrogen-bond acceptors (Lipinski definition) is 5. The number of carbonyl (C=O) groups is 2. The molecule has 0 aromatic heterocycles. The summed E-state index contributed by atoms with van der Waals surface area (Å²) >= 11 is 0. The summed E-state index contributed by atoms with van der Waals surface area (Å²) in [6.45, 7) is 0. The van der Waals surface area contributed by atoms with Gasteiger partial charge in [0.25, 0.3) is 0 Å². The lowest BCUT2D eigenvalue weighted by atomic mass is 9.80. The Labute approximate surface area is 173 Å². The van der Waals surface area contributed by atoms with E-state index in [-0.39, 0.29) is 11.6 Å². The maximum absolute atomic E-state index is 13.6. The topological polar surface area (TPSA) is 61.8 Å². The fourth-order valence-electron chi connectivity index (χ4n) is 4.44. The lowest BCUT2D eigenvalue weighted by Gasteiger charge is -2.21. The second-order valence-electron chi connectivity index (χ2n) is 7.06. The highest BCUT2D eigenvalue weighted by Gasteiger charge is 2.40. The Morgan fingerprint density at radius 2 is 1.17 bits per heavy atom. The molecule has 148 valence electrons. The minimum atomic E-state index is -0.142. The van der Waals surface area contributed by atoms with Crippen LogP contribution < -0.4 is 14.2 Å². The van der Waals surface area contributed by atoms with E-state index in [1.807, 2.05) is 18.2 Å². The van der Waals surface area contributed by atoms with Gasteiger partial charge in [0.1, 0.15) is 0 Å². The molecule has 0 amide bonds. The third-order valence-electron chi connectivity index (χ3n) is 5.70. The lowest BCUT2D eigenvalue weighted by Crippen LogP contribution is -2.14. The highest BCUT2D eigenvalue weighted by molar-refractivity contribution is 6.44. The molecule has 2 aliphatic carbocycles. The zero-order chi connectivity index (χ0) is 21.0. The molecule has 5 rings (SSSR count). The Balaban J connectivity index is 1.91. The molecule has 30 heavy (non-hydrogen) atoms. The molecule has 0 N–H and O–H groups in total. The van der Waals surface area contributed by atoms with E-state index >= 15 is 0 Å². The Morgan fingerprint density at radius 3 is 1.83 bits per heavy atom. The van der Waals surface area contributed by atoms with Gasteiger partial charge in [-0.1, -0.05) is 42.5 Å². The molecule has 0 bridgehead atoms. The summed E-state index contributed by atoms with van der Waals surface area (Å²) in [4.78, 5) is 26.7. The number of benzene rings is 3. The van der Waals surface area contributed by atoms with E-state index in [1.165, 1.54) is 14.2 Å². The standard InChI is InChI=1S/C25H18O5/c1-28-18-12-11-17(24(29-2)25(18)30-3)21-20-13-7-4-5-8-14(13)22(26)15-9-6-10-16(19(15)20)23(21)27/h4-12H,1-3H3. The minimum Gasteiger partial charge on any atom is -0.493 e. The van der Waals surface area contributed by atoms with Crippen LogP contribution in [0, 0.1) is 0 Å². The maximum atomic E-state index is 13.6. The normalized spacial score (nSPS) is 13.8. The summed E-state index contributed by atoms with van der Waals surface area (Å²) in [5, 5.41) is 0. The smallest absolute Gasteiger partial charge is 0.203 e. The summed E-state index contributed by atoms with van der Waals surface area (Å²) in [6.07, 6.45) is 0. The fourth-order valence-corrected chi connectivity index (χ4v) is 4.44. The average molecular weight is 398 g/mol. The minimum absolute atomic E-state index is 0.0699. The predicted octanol–water partition coefficient (Wildman–Crippen LogP) is 4.41. The zero-order valence-electron chi connectivity index (χ0n) is 16.7. The molecule has 0 radical (unpaired) electrons. The number of Topliss-reactive ketones (excluding diaryl/α,β-unsaturated/α-hetero) is 1. The van der Waals surface area contributed by atoms with Gasteiger partial charge in [-0.25, -0.2) is 0 Å². The van der Waals surface area contributed by atoms with Gasteiger partial charge in [-0.3, -0.25) is 9.59 Å². The number of carbonyl (C=O) groups excluding carboxylic acids is 2. The van der Waals surface area contributed by atoms with Gasteiger partial charge in [0.15, 0.2) is 23.1 Å². The molecule has 0 fully saturated rings. The van der Waals surface area contributed by atoms with Crippen molar-refractivity contribution < 1.29 is 23.8 Å². The highest BCUT2D eigenvalue weighted by Crippen LogP contribution is 2.51. The van der Waals surface area contributed by atoms with Gasteiger partial charge in [-0.05, 0) is 17.7 Å². The van der Waals surface area contributed by atoms with Crippen LogP contribution in [0.3, 0.4) is 0 Å². The molecule has 3 aromatic rings. The number of fused-ring (bicyclic) bond motifs is 2. The number of ketones is 2. The van der Waals surface area contributed by atoms with Crippen LogP contribution >= 0.6 is 0 Å². The molecule has 5 heteroatoms. The SMILES string of the molecule is COc1ccc(C2=C3c4ccccc4C(=O)c4cccc(c43)C2=O)c(OC)c1OC. The molecule has 0 unspecified atom stereocenters. The third kappa shape index (κ3) is 2.23. The van der Waals surface area contributed by atoms with Crippen molar-refractivity contribution >= 4 is 22.7 Å². The Bertz CT molecular complexity index is 1280. The summed E-state index contributed by atoms with van der Waals surface area (Å²) in [5.74, 6) is 1.12. The first-order valence-corrected chi connectivity index (χ1v) is 9.48. The fraction of sp³-hybridized carbons (Fsp3) is 0.120. The van der Waals surface area contributed by atoms with E-state index in [9.17, 15) is 9.59 Å². The van der Waals surface area contributed by atoms with E-state index in [4.69, 9.17) is 14.2 Å². The predicted molar refractivity (Wildman–Crippen MR) is 113 cm³/mol. The second kappa shape index (κ2) is 6.59. The summed E-state index contributed by atoms with van der Waals surface area (Å²) in [6, 6.07) is 16.2. The molecule has 0 saturated carbocycles. The van der Waals surface area contributed by atoms with Crippen molar-refractivity contribution in [2.24, 2.45) is 0 Å². The molecular weight excluding hydrogens is 380 g/mol. The second-order valence-corrected chi connectivity index (χ2v) is 7.06. The number of rotatable bonds is 4. The van der Waals surface area contributed by atoms with Crippen molar-refractivity contribution in [1.29, 1.82) is 0 Å². The molecule has 0 spiro atoms. The number of ether oxygens (including phenoxy) is 3. The Hall–Kier alpha value is -3.86. The van der Waals surface area contributed by atoms with Crippen molar-refractivity contribution in [1.82, 2.24) is 0 Å². The molecule has 0 atom stereocenters. The van der Waals surface area contributed by atoms with Crippen molar-refractivity contribution in [2.75, 3.05) is 21.3 Å². The molecule has 0 saturated heterocycles. The van der Waals surface area contributed by atoms with Crippen LogP contribution in [0.1, 0.15) is 43.0 Å². The molecule has 3 aromatic carbocycles. The first kappa shape index (κ1) is 18.2. The largest absolute Gasteiger partial charge is 0.493 e. The van der Waals surface area contributed by atoms with Gasteiger partial charge >= 0.3 is 0 Å². The van der Waals surface area contributed by atoms with E-state index in [0.29, 0.717) is 50.6 Å². The summed E-state index contributed by atoms with van der Waals surface area (Å²) in [7, 11) is 4.60. The molecular formula is C25H18O5. The van der Waals surface area contributed by atoms with Gasteiger partial charge in [-0.15, -0.1) is 0 Å². The van der Waals surface area contributed by atoms with Crippen molar-refractivity contribution in [3.8, 4) is 17.2 Å². The number of hydrogen-bond donors (Lipinski definition) is 0. The first-order chi connectivity index (χ1) is 14.6. The van der Waals surface area contributed by atoms with Gasteiger partial charge in [0.05, 0.1) is 21.3 Å². The van der Waals surface area contributed by atoms with Gasteiger partial charge in [0.2, 0.25) is 5.75 Å². The maximum Gasteiger partial charge on any atom is 0.203 e. The number of allylic oxidation sites excluding steroid dienone is 1. The number of methoxy groups -OCH3 is 3. The van der Waals surface area contributed by atoms with Crippen molar-refractivity contribution in [2.45, 2.75) is 0 Å². The lowest BCUT2D eigenvalue weighted by molar-refractivity contribution is 0.103. The van der Waals surface area contributed by atoms with Crippen LogP contribution in [0.4, 0.5) is 0 Å². The Kier molecular flexibility index (Phi) is 4.00. The quantitative estimate of drug-likeness (QED) is 0.510. The van der Waals surface area contributed by atoms with E-state index in [2.05, 4.69) is 0 Å². The van der Waals surface area contributed by atoms with Crippen LogP contribution in [0.2, 0.25) is 0 Å². The monoisotopic (exact) mass is 398 g/mol. The van der Waals surface area contributed by atoms with Crippen LogP contribution in [0.15, 0.2) is 54.6 Å². The molecule has 5 nitrogen and oxygen atoms in total. The van der Waals surface area contributed by atoms with E-state index < -0.39 is 0 Å². The molecule has 0 heterocycles. The van der Waals surface area contributed by atoms with Gasteiger partial charge < -0.3 is 14.2 Å². The zero-order valence-corrected chi connectivity index (χ0v) is 16.7. The Morgan fingerprint density at radius 1 is 0.533 bits per heavy atom. The van der Waals surface area contributed by atoms with Crippen LogP contribution in [-0.2, 0) is 0 Å². The van der Waals surface area contributed by atoms with E-state index in [0.717, 1.165) is 11.1 Å². The van der Waals surface area contributed by atoms with Crippen LogP contribution in [-0.4, -0.2) is 32.9 Å². The summed E-state index contributed by atoms with van der Waals surface area (Å²) in [5.41, 5.74) is 4.95.